The fraction of sp³-hybridized carbons (Fsp3) is 0.300. The van der Waals surface area contributed by atoms with E-state index in [9.17, 15) is 0 Å². The summed E-state index contributed by atoms with van der Waals surface area (Å²) in [4.78, 5) is 4.46. The van der Waals surface area contributed by atoms with E-state index in [1.54, 1.807) is 0 Å². The van der Waals surface area contributed by atoms with Gasteiger partial charge in [0, 0.05) is 17.8 Å². The summed E-state index contributed by atoms with van der Waals surface area (Å²) in [7, 11) is 1.91. The third-order valence-electron chi connectivity index (χ3n) is 2.20. The van der Waals surface area contributed by atoms with Crippen molar-refractivity contribution in [2.24, 2.45) is 0 Å². The van der Waals surface area contributed by atoms with Crippen molar-refractivity contribution in [3.8, 4) is 0 Å². The summed E-state index contributed by atoms with van der Waals surface area (Å²) in [5.41, 5.74) is 2.11. The minimum absolute atomic E-state index is 0.745. The van der Waals surface area contributed by atoms with Gasteiger partial charge >= 0.3 is 0 Å². The molecule has 0 aliphatic rings. The Balaban J connectivity index is 2.66. The van der Waals surface area contributed by atoms with Crippen LogP contribution in [0.4, 0.5) is 0 Å². The maximum Gasteiger partial charge on any atom is 0.110 e. The average Bonchev–Trinajstić information content (AvgIpc) is 2.44. The molecule has 74 valence electrons. The number of rotatable bonds is 2. The number of pyridine rings is 1. The highest BCUT2D eigenvalue weighted by atomic mass is 35.5. The van der Waals surface area contributed by atoms with Crippen LogP contribution in [-0.2, 0) is 6.54 Å². The monoisotopic (exact) mass is 209 g/mol. The van der Waals surface area contributed by atoms with Crippen molar-refractivity contribution in [3.63, 3.8) is 0 Å². The van der Waals surface area contributed by atoms with Gasteiger partial charge in [0.15, 0.2) is 0 Å². The van der Waals surface area contributed by atoms with Gasteiger partial charge in [-0.3, -0.25) is 0 Å². The van der Waals surface area contributed by atoms with Crippen LogP contribution >= 0.6 is 11.6 Å². The third-order valence-corrected chi connectivity index (χ3v) is 2.44. The number of hydrogen-bond donors (Lipinski definition) is 1. The normalized spacial score (nSPS) is 11.1. The number of imidazole rings is 1. The first-order valence-corrected chi connectivity index (χ1v) is 4.88. The second-order valence-electron chi connectivity index (χ2n) is 3.24. The van der Waals surface area contributed by atoms with Gasteiger partial charge in [0.2, 0.25) is 0 Å². The maximum absolute atomic E-state index is 5.94. The lowest BCUT2D eigenvalue weighted by molar-refractivity contribution is 0.800. The minimum atomic E-state index is 0.745. The van der Waals surface area contributed by atoms with Crippen LogP contribution in [0.1, 0.15) is 11.5 Å². The third kappa shape index (κ3) is 1.49. The van der Waals surface area contributed by atoms with Gasteiger partial charge in [-0.2, -0.15) is 0 Å². The Hall–Kier alpha value is -1.06. The van der Waals surface area contributed by atoms with Gasteiger partial charge in [0.1, 0.15) is 5.82 Å². The van der Waals surface area contributed by atoms with Gasteiger partial charge in [-0.05, 0) is 26.1 Å². The summed E-state index contributed by atoms with van der Waals surface area (Å²) in [6, 6.07) is 3.81. The molecule has 0 unspecified atom stereocenters. The Labute approximate surface area is 87.7 Å². The number of nitrogens with zero attached hydrogens (tertiary/aromatic N) is 2. The molecule has 0 saturated heterocycles. The van der Waals surface area contributed by atoms with Crippen molar-refractivity contribution in [2.75, 3.05) is 7.05 Å². The van der Waals surface area contributed by atoms with E-state index in [4.69, 9.17) is 11.6 Å². The summed E-state index contributed by atoms with van der Waals surface area (Å²) >= 11 is 5.94. The molecule has 14 heavy (non-hydrogen) atoms. The molecular weight excluding hydrogens is 198 g/mol. The molecule has 0 aliphatic carbocycles. The molecule has 1 N–H and O–H groups in total. The highest BCUT2D eigenvalue weighted by Crippen LogP contribution is 2.17. The molecule has 2 rings (SSSR count). The van der Waals surface area contributed by atoms with Crippen molar-refractivity contribution in [1.82, 2.24) is 14.7 Å². The zero-order valence-electron chi connectivity index (χ0n) is 8.21. The Kier molecular flexibility index (Phi) is 2.44. The van der Waals surface area contributed by atoms with E-state index in [-0.39, 0.29) is 0 Å². The van der Waals surface area contributed by atoms with E-state index in [1.165, 1.54) is 0 Å². The van der Waals surface area contributed by atoms with Crippen LogP contribution in [0.5, 0.6) is 0 Å². The van der Waals surface area contributed by atoms with E-state index in [0.717, 1.165) is 28.6 Å². The van der Waals surface area contributed by atoms with Crippen molar-refractivity contribution in [3.05, 3.63) is 34.9 Å². The predicted octanol–water partition coefficient (Wildman–Crippen LogP) is 2.02. The number of halogens is 1. The maximum atomic E-state index is 5.94. The van der Waals surface area contributed by atoms with Crippen LogP contribution in [0.2, 0.25) is 5.02 Å². The Bertz CT molecular complexity index is 462. The topological polar surface area (TPSA) is 29.3 Å². The van der Waals surface area contributed by atoms with Gasteiger partial charge < -0.3 is 9.72 Å². The Morgan fingerprint density at radius 2 is 2.36 bits per heavy atom. The van der Waals surface area contributed by atoms with Gasteiger partial charge in [-0.15, -0.1) is 0 Å². The molecule has 3 nitrogen and oxygen atoms in total. The fourth-order valence-electron chi connectivity index (χ4n) is 1.58. The van der Waals surface area contributed by atoms with Gasteiger partial charge in [-0.1, -0.05) is 11.6 Å². The van der Waals surface area contributed by atoms with E-state index in [0.29, 0.717) is 0 Å². The molecule has 2 aromatic rings. The minimum Gasteiger partial charge on any atom is -0.314 e. The standard InChI is InChI=1S/C10H12ClN3/c1-7-13-9(6-12-2)10-5-8(11)3-4-14(7)10/h3-5,12H,6H2,1-2H3. The number of nitrogens with one attached hydrogen (secondary N) is 1. The van der Waals surface area contributed by atoms with E-state index >= 15 is 0 Å². The van der Waals surface area contributed by atoms with Crippen LogP contribution in [0, 0.1) is 6.92 Å². The molecule has 0 bridgehead atoms. The average molecular weight is 210 g/mol. The van der Waals surface area contributed by atoms with Crippen molar-refractivity contribution in [2.45, 2.75) is 13.5 Å². The highest BCUT2D eigenvalue weighted by molar-refractivity contribution is 6.30. The highest BCUT2D eigenvalue weighted by Gasteiger charge is 2.06. The van der Waals surface area contributed by atoms with Crippen LogP contribution < -0.4 is 5.32 Å². The number of aryl methyl sites for hydroxylation is 1. The Morgan fingerprint density at radius 3 is 3.07 bits per heavy atom. The number of hydrogen-bond acceptors (Lipinski definition) is 2. The molecule has 2 heterocycles. The molecule has 0 atom stereocenters. The van der Waals surface area contributed by atoms with Gasteiger partial charge in [0.05, 0.1) is 11.2 Å². The van der Waals surface area contributed by atoms with E-state index in [2.05, 4.69) is 10.3 Å². The van der Waals surface area contributed by atoms with Gasteiger partial charge in [-0.25, -0.2) is 4.98 Å². The quantitative estimate of drug-likeness (QED) is 0.820. The molecule has 0 saturated carbocycles. The molecule has 0 amide bonds. The molecule has 0 aliphatic heterocycles. The molecular formula is C10H12ClN3. The summed E-state index contributed by atoms with van der Waals surface area (Å²) in [5, 5.41) is 3.84. The van der Waals surface area contributed by atoms with Crippen LogP contribution in [0.25, 0.3) is 5.52 Å². The van der Waals surface area contributed by atoms with Crippen LogP contribution in [0.3, 0.4) is 0 Å². The zero-order chi connectivity index (χ0) is 10.1. The molecule has 0 spiro atoms. The summed E-state index contributed by atoms with van der Waals surface area (Å²) in [6.45, 7) is 2.75. The Morgan fingerprint density at radius 1 is 1.57 bits per heavy atom. The lowest BCUT2D eigenvalue weighted by Gasteiger charge is -1.98. The number of fused-ring (bicyclic) bond motifs is 1. The lowest BCUT2D eigenvalue weighted by atomic mass is 10.3. The van der Waals surface area contributed by atoms with Crippen LogP contribution in [0.15, 0.2) is 18.3 Å². The molecule has 0 radical (unpaired) electrons. The first kappa shape index (κ1) is 9.49. The van der Waals surface area contributed by atoms with Crippen molar-refractivity contribution >= 4 is 17.1 Å². The molecule has 4 heteroatoms. The summed E-state index contributed by atoms with van der Waals surface area (Å²) < 4.78 is 2.04. The first-order chi connectivity index (χ1) is 6.72. The zero-order valence-corrected chi connectivity index (χ0v) is 8.97. The SMILES string of the molecule is CNCc1nc(C)n2ccc(Cl)cc12. The second-order valence-corrected chi connectivity index (χ2v) is 3.67. The van der Waals surface area contributed by atoms with Crippen molar-refractivity contribution in [1.29, 1.82) is 0 Å². The van der Waals surface area contributed by atoms with E-state index < -0.39 is 0 Å². The van der Waals surface area contributed by atoms with Gasteiger partial charge in [0.25, 0.3) is 0 Å². The molecule has 0 aromatic carbocycles. The number of aromatic nitrogens is 2. The summed E-state index contributed by atoms with van der Waals surface area (Å²) in [5.74, 6) is 0.988. The largest absolute Gasteiger partial charge is 0.314 e. The summed E-state index contributed by atoms with van der Waals surface area (Å²) in [6.07, 6.45) is 1.94. The molecule has 2 aromatic heterocycles. The smallest absolute Gasteiger partial charge is 0.110 e. The lowest BCUT2D eigenvalue weighted by Crippen LogP contribution is -2.05. The second kappa shape index (κ2) is 3.59. The predicted molar refractivity (Wildman–Crippen MR) is 57.7 cm³/mol. The first-order valence-electron chi connectivity index (χ1n) is 4.50. The molecule has 0 fully saturated rings. The fourth-order valence-corrected chi connectivity index (χ4v) is 1.74. The van der Waals surface area contributed by atoms with E-state index in [1.807, 2.05) is 36.7 Å². The van der Waals surface area contributed by atoms with Crippen molar-refractivity contribution < 1.29 is 0 Å². The van der Waals surface area contributed by atoms with Crippen LogP contribution in [-0.4, -0.2) is 16.4 Å².